The van der Waals surface area contributed by atoms with Crippen molar-refractivity contribution >= 4 is 38.5 Å². The number of hydrogen-bond acceptors (Lipinski definition) is 8. The van der Waals surface area contributed by atoms with Crippen LogP contribution >= 0.6 is 11.3 Å². The van der Waals surface area contributed by atoms with E-state index >= 15 is 0 Å². The fraction of sp³-hybridized carbons (Fsp3) is 0.294. The van der Waals surface area contributed by atoms with E-state index in [1.807, 2.05) is 25.1 Å². The van der Waals surface area contributed by atoms with Crippen molar-refractivity contribution in [3.8, 4) is 5.75 Å². The highest BCUT2D eigenvalue weighted by atomic mass is 32.1. The maximum atomic E-state index is 12.1. The molecule has 0 saturated heterocycles. The Labute approximate surface area is 149 Å². The highest BCUT2D eigenvalue weighted by molar-refractivity contribution is 7.22. The molecule has 2 heterocycles. The van der Waals surface area contributed by atoms with Crippen molar-refractivity contribution in [1.82, 2.24) is 15.0 Å². The van der Waals surface area contributed by atoms with Crippen molar-refractivity contribution < 1.29 is 14.3 Å². The van der Waals surface area contributed by atoms with Gasteiger partial charge in [-0.05, 0) is 39.0 Å². The number of ether oxygens (including phenoxy) is 2. The van der Waals surface area contributed by atoms with Crippen molar-refractivity contribution in [2.45, 2.75) is 20.8 Å². The molecule has 0 fully saturated rings. The first kappa shape index (κ1) is 17.1. The largest absolute Gasteiger partial charge is 0.494 e. The van der Waals surface area contributed by atoms with Crippen LogP contribution in [0.15, 0.2) is 24.4 Å². The quantitative estimate of drug-likeness (QED) is 0.672. The smallest absolute Gasteiger partial charge is 0.343 e. The molecule has 0 radical (unpaired) electrons. The predicted octanol–water partition coefficient (Wildman–Crippen LogP) is 3.71. The lowest BCUT2D eigenvalue weighted by atomic mass is 10.3. The standard InChI is InChI=1S/C17H18N4O3S/c1-4-23-11-6-7-13-14(8-11)25-17(20-13)21-15-12(16(22)24-5-2)9-18-10(3)19-15/h6-9H,4-5H2,1-3H3,(H,18,19,20,21). The maximum Gasteiger partial charge on any atom is 0.343 e. The Kier molecular flexibility index (Phi) is 5.08. The van der Waals surface area contributed by atoms with Crippen LogP contribution in [-0.4, -0.2) is 34.1 Å². The number of anilines is 2. The van der Waals surface area contributed by atoms with Crippen LogP contribution in [-0.2, 0) is 4.74 Å². The van der Waals surface area contributed by atoms with Gasteiger partial charge in [0, 0.05) is 6.20 Å². The zero-order valence-corrected chi connectivity index (χ0v) is 15.0. The number of thiazole rings is 1. The number of nitrogens with zero attached hydrogens (tertiary/aromatic N) is 3. The summed E-state index contributed by atoms with van der Waals surface area (Å²) >= 11 is 1.46. The molecule has 0 atom stereocenters. The van der Waals surface area contributed by atoms with Crippen molar-refractivity contribution in [1.29, 1.82) is 0 Å². The molecule has 25 heavy (non-hydrogen) atoms. The Morgan fingerprint density at radius 3 is 2.84 bits per heavy atom. The molecule has 3 aromatic rings. The summed E-state index contributed by atoms with van der Waals surface area (Å²) in [6.45, 7) is 6.35. The average Bonchev–Trinajstić information content (AvgIpc) is 2.97. The van der Waals surface area contributed by atoms with Gasteiger partial charge in [-0.3, -0.25) is 0 Å². The molecule has 130 valence electrons. The minimum atomic E-state index is -0.468. The lowest BCUT2D eigenvalue weighted by Gasteiger charge is -2.08. The molecule has 0 aliphatic heterocycles. The second-order valence-corrected chi connectivity index (χ2v) is 6.14. The first-order valence-corrected chi connectivity index (χ1v) is 8.73. The van der Waals surface area contributed by atoms with Crippen LogP contribution in [0.4, 0.5) is 10.9 Å². The molecule has 0 amide bonds. The summed E-state index contributed by atoms with van der Waals surface area (Å²) < 4.78 is 11.5. The van der Waals surface area contributed by atoms with Gasteiger partial charge in [0.2, 0.25) is 0 Å². The van der Waals surface area contributed by atoms with Crippen molar-refractivity contribution in [2.75, 3.05) is 18.5 Å². The monoisotopic (exact) mass is 358 g/mol. The molecular formula is C17H18N4O3S. The molecule has 0 bridgehead atoms. The van der Waals surface area contributed by atoms with E-state index in [0.717, 1.165) is 16.0 Å². The van der Waals surface area contributed by atoms with E-state index in [1.165, 1.54) is 17.5 Å². The second-order valence-electron chi connectivity index (χ2n) is 5.11. The first-order chi connectivity index (χ1) is 12.1. The number of rotatable bonds is 6. The number of aryl methyl sites for hydroxylation is 1. The van der Waals surface area contributed by atoms with E-state index in [2.05, 4.69) is 20.3 Å². The Morgan fingerprint density at radius 1 is 1.24 bits per heavy atom. The molecule has 0 aliphatic carbocycles. The predicted molar refractivity (Wildman–Crippen MR) is 96.8 cm³/mol. The lowest BCUT2D eigenvalue weighted by molar-refractivity contribution is 0.0526. The average molecular weight is 358 g/mol. The minimum absolute atomic E-state index is 0.279. The van der Waals surface area contributed by atoms with E-state index in [-0.39, 0.29) is 12.2 Å². The molecule has 0 aliphatic rings. The van der Waals surface area contributed by atoms with Crippen LogP contribution in [0.2, 0.25) is 0 Å². The molecule has 0 spiro atoms. The molecule has 8 heteroatoms. The van der Waals surface area contributed by atoms with Crippen LogP contribution in [0.5, 0.6) is 5.75 Å². The SMILES string of the molecule is CCOC(=O)c1cnc(C)nc1Nc1nc2ccc(OCC)cc2s1. The van der Waals surface area contributed by atoms with Gasteiger partial charge in [0.15, 0.2) is 10.9 Å². The summed E-state index contributed by atoms with van der Waals surface area (Å²) in [7, 11) is 0. The van der Waals surface area contributed by atoms with Crippen LogP contribution < -0.4 is 10.1 Å². The van der Waals surface area contributed by atoms with Gasteiger partial charge in [-0.25, -0.2) is 19.7 Å². The van der Waals surface area contributed by atoms with Crippen molar-refractivity contribution in [2.24, 2.45) is 0 Å². The van der Waals surface area contributed by atoms with E-state index < -0.39 is 5.97 Å². The fourth-order valence-electron chi connectivity index (χ4n) is 2.24. The Morgan fingerprint density at radius 2 is 2.08 bits per heavy atom. The summed E-state index contributed by atoms with van der Waals surface area (Å²) in [6, 6.07) is 5.73. The molecule has 1 N–H and O–H groups in total. The minimum Gasteiger partial charge on any atom is -0.494 e. The van der Waals surface area contributed by atoms with Gasteiger partial charge in [-0.2, -0.15) is 0 Å². The number of aromatic nitrogens is 3. The number of fused-ring (bicyclic) bond motifs is 1. The lowest BCUT2D eigenvalue weighted by Crippen LogP contribution is -2.10. The normalized spacial score (nSPS) is 10.7. The third-order valence-electron chi connectivity index (χ3n) is 3.30. The molecule has 7 nitrogen and oxygen atoms in total. The first-order valence-electron chi connectivity index (χ1n) is 7.92. The van der Waals surface area contributed by atoms with Gasteiger partial charge in [-0.15, -0.1) is 0 Å². The van der Waals surface area contributed by atoms with Gasteiger partial charge in [-0.1, -0.05) is 11.3 Å². The molecule has 3 rings (SSSR count). The van der Waals surface area contributed by atoms with Gasteiger partial charge in [0.05, 0.1) is 23.4 Å². The number of benzene rings is 1. The van der Waals surface area contributed by atoms with E-state index in [9.17, 15) is 4.79 Å². The fourth-order valence-corrected chi connectivity index (χ4v) is 3.13. The maximum absolute atomic E-state index is 12.1. The summed E-state index contributed by atoms with van der Waals surface area (Å²) in [6.07, 6.45) is 1.46. The van der Waals surface area contributed by atoms with E-state index in [0.29, 0.717) is 23.4 Å². The summed E-state index contributed by atoms with van der Waals surface area (Å²) in [4.78, 5) is 25.0. The summed E-state index contributed by atoms with van der Waals surface area (Å²) in [5.74, 6) is 1.27. The topological polar surface area (TPSA) is 86.2 Å². The zero-order chi connectivity index (χ0) is 17.8. The number of nitrogens with one attached hydrogen (secondary N) is 1. The third kappa shape index (κ3) is 3.85. The molecular weight excluding hydrogens is 340 g/mol. The van der Waals surface area contributed by atoms with Crippen molar-refractivity contribution in [3.05, 3.63) is 35.8 Å². The van der Waals surface area contributed by atoms with Gasteiger partial charge in [0.25, 0.3) is 0 Å². The number of carbonyl (C=O) groups is 1. The van der Waals surface area contributed by atoms with Crippen LogP contribution in [0.25, 0.3) is 10.2 Å². The van der Waals surface area contributed by atoms with Gasteiger partial charge >= 0.3 is 5.97 Å². The molecule has 0 unspecified atom stereocenters. The van der Waals surface area contributed by atoms with Crippen LogP contribution in [0, 0.1) is 6.92 Å². The number of carbonyl (C=O) groups excluding carboxylic acids is 1. The van der Waals surface area contributed by atoms with Crippen LogP contribution in [0.1, 0.15) is 30.0 Å². The van der Waals surface area contributed by atoms with E-state index in [4.69, 9.17) is 9.47 Å². The highest BCUT2D eigenvalue weighted by Crippen LogP contribution is 2.31. The van der Waals surface area contributed by atoms with Crippen molar-refractivity contribution in [3.63, 3.8) is 0 Å². The highest BCUT2D eigenvalue weighted by Gasteiger charge is 2.16. The molecule has 2 aromatic heterocycles. The zero-order valence-electron chi connectivity index (χ0n) is 14.2. The Bertz CT molecular complexity index is 910. The molecule has 1 aromatic carbocycles. The third-order valence-corrected chi connectivity index (χ3v) is 4.23. The molecule has 0 saturated carbocycles. The summed E-state index contributed by atoms with van der Waals surface area (Å²) in [5.41, 5.74) is 1.13. The Hall–Kier alpha value is -2.74. The van der Waals surface area contributed by atoms with Gasteiger partial charge in [0.1, 0.15) is 17.1 Å². The number of esters is 1. The summed E-state index contributed by atoms with van der Waals surface area (Å²) in [5, 5.41) is 3.74. The number of hydrogen-bond donors (Lipinski definition) is 1. The van der Waals surface area contributed by atoms with Crippen LogP contribution in [0.3, 0.4) is 0 Å². The van der Waals surface area contributed by atoms with Gasteiger partial charge < -0.3 is 14.8 Å². The second kappa shape index (κ2) is 7.43. The van der Waals surface area contributed by atoms with E-state index in [1.54, 1.807) is 13.8 Å². The Balaban J connectivity index is 1.92.